The molecule has 0 saturated heterocycles. The number of ether oxygens (including phenoxy) is 1. The summed E-state index contributed by atoms with van der Waals surface area (Å²) >= 11 is 5.84. The number of Topliss-reactive ketones (excluding diaryl/α,β-unsaturated/α-hetero) is 1. The van der Waals surface area contributed by atoms with Gasteiger partial charge in [0.2, 0.25) is 0 Å². The number of ketones is 1. The molecule has 1 aliphatic heterocycles. The molecule has 94 valence electrons. The zero-order valence-corrected chi connectivity index (χ0v) is 10.9. The van der Waals surface area contributed by atoms with Crippen LogP contribution in [0.15, 0.2) is 54.1 Å². The van der Waals surface area contributed by atoms with Crippen molar-refractivity contribution < 1.29 is 9.53 Å². The summed E-state index contributed by atoms with van der Waals surface area (Å²) in [5.74, 6) is 0.678. The third-order valence-corrected chi connectivity index (χ3v) is 3.27. The number of benzene rings is 2. The Balaban J connectivity index is 1.96. The maximum Gasteiger partial charge on any atom is 0.196 e. The maximum absolute atomic E-state index is 12.3. The van der Waals surface area contributed by atoms with Crippen LogP contribution in [0.25, 0.3) is 6.08 Å². The first-order valence-electron chi connectivity index (χ1n) is 5.97. The molecule has 2 aromatic rings. The van der Waals surface area contributed by atoms with E-state index < -0.39 is 0 Å². The maximum atomic E-state index is 12.3. The molecule has 1 aliphatic rings. The summed E-state index contributed by atoms with van der Waals surface area (Å²) in [5.41, 5.74) is 2.21. The summed E-state index contributed by atoms with van der Waals surface area (Å²) in [4.78, 5) is 12.3. The molecule has 0 N–H and O–H groups in total. The highest BCUT2D eigenvalue weighted by molar-refractivity contribution is 6.30. The molecule has 0 aliphatic carbocycles. The Labute approximate surface area is 116 Å². The molecule has 0 atom stereocenters. The van der Waals surface area contributed by atoms with Gasteiger partial charge in [-0.3, -0.25) is 4.79 Å². The molecule has 3 heteroatoms. The van der Waals surface area contributed by atoms with Crippen molar-refractivity contribution in [1.29, 1.82) is 0 Å². The third kappa shape index (κ3) is 2.40. The van der Waals surface area contributed by atoms with Crippen molar-refractivity contribution in [1.82, 2.24) is 0 Å². The van der Waals surface area contributed by atoms with Crippen LogP contribution in [-0.4, -0.2) is 12.4 Å². The second-order valence-corrected chi connectivity index (χ2v) is 4.77. The molecular formula is C16H11ClO2. The minimum Gasteiger partial charge on any atom is -0.488 e. The van der Waals surface area contributed by atoms with Crippen molar-refractivity contribution in [2.45, 2.75) is 0 Å². The van der Waals surface area contributed by atoms with Crippen molar-refractivity contribution in [3.63, 3.8) is 0 Å². The number of carbonyl (C=O) groups is 1. The van der Waals surface area contributed by atoms with Gasteiger partial charge >= 0.3 is 0 Å². The van der Waals surface area contributed by atoms with Crippen LogP contribution < -0.4 is 4.74 Å². The largest absolute Gasteiger partial charge is 0.488 e. The first-order chi connectivity index (χ1) is 9.24. The fourth-order valence-electron chi connectivity index (χ4n) is 2.04. The lowest BCUT2D eigenvalue weighted by atomic mass is 9.98. The Morgan fingerprint density at radius 3 is 2.58 bits per heavy atom. The lowest BCUT2D eigenvalue weighted by molar-refractivity contribution is 0.100. The molecule has 0 amide bonds. The zero-order valence-electron chi connectivity index (χ0n) is 10.1. The monoisotopic (exact) mass is 270 g/mol. The summed E-state index contributed by atoms with van der Waals surface area (Å²) in [6.07, 6.45) is 1.84. The summed E-state index contributed by atoms with van der Waals surface area (Å²) in [6, 6.07) is 14.7. The number of halogens is 1. The number of hydrogen-bond acceptors (Lipinski definition) is 2. The van der Waals surface area contributed by atoms with E-state index in [1.54, 1.807) is 18.2 Å². The Morgan fingerprint density at radius 1 is 1.05 bits per heavy atom. The van der Waals surface area contributed by atoms with Crippen molar-refractivity contribution >= 4 is 23.5 Å². The zero-order chi connectivity index (χ0) is 13.2. The molecule has 19 heavy (non-hydrogen) atoms. The van der Waals surface area contributed by atoms with Gasteiger partial charge in [-0.15, -0.1) is 0 Å². The fraction of sp³-hybridized carbons (Fsp3) is 0.0625. The molecule has 0 radical (unpaired) electrons. The summed E-state index contributed by atoms with van der Waals surface area (Å²) in [7, 11) is 0. The van der Waals surface area contributed by atoms with Crippen LogP contribution in [-0.2, 0) is 0 Å². The van der Waals surface area contributed by atoms with Crippen LogP contribution in [0, 0.1) is 0 Å². The van der Waals surface area contributed by atoms with Crippen LogP contribution in [0.3, 0.4) is 0 Å². The van der Waals surface area contributed by atoms with E-state index >= 15 is 0 Å². The van der Waals surface area contributed by atoms with Gasteiger partial charge in [0.1, 0.15) is 12.4 Å². The molecule has 0 fully saturated rings. The van der Waals surface area contributed by atoms with E-state index in [-0.39, 0.29) is 5.78 Å². The summed E-state index contributed by atoms with van der Waals surface area (Å²) in [6.45, 7) is 0.304. The van der Waals surface area contributed by atoms with Crippen molar-refractivity contribution in [3.8, 4) is 5.75 Å². The lowest BCUT2D eigenvalue weighted by Gasteiger charge is -2.18. The predicted molar refractivity (Wildman–Crippen MR) is 75.7 cm³/mol. The molecule has 0 spiro atoms. The number of fused-ring (bicyclic) bond motifs is 1. The average molecular weight is 271 g/mol. The minimum absolute atomic E-state index is 0.0248. The molecular weight excluding hydrogens is 260 g/mol. The SMILES string of the molecule is O=C1/C(=C\c2ccc(Cl)cc2)COc2ccccc21. The summed E-state index contributed by atoms with van der Waals surface area (Å²) in [5, 5.41) is 0.679. The topological polar surface area (TPSA) is 26.3 Å². The van der Waals surface area contributed by atoms with E-state index in [2.05, 4.69) is 0 Å². The second-order valence-electron chi connectivity index (χ2n) is 4.34. The number of hydrogen-bond donors (Lipinski definition) is 0. The van der Waals surface area contributed by atoms with Gasteiger partial charge in [0, 0.05) is 10.6 Å². The van der Waals surface area contributed by atoms with Gasteiger partial charge in [-0.25, -0.2) is 0 Å². The number of para-hydroxylation sites is 1. The van der Waals surface area contributed by atoms with Gasteiger partial charge in [0.05, 0.1) is 5.56 Å². The highest BCUT2D eigenvalue weighted by Gasteiger charge is 2.22. The quantitative estimate of drug-likeness (QED) is 0.732. The highest BCUT2D eigenvalue weighted by atomic mass is 35.5. The van der Waals surface area contributed by atoms with Crippen molar-refractivity contribution in [2.24, 2.45) is 0 Å². The number of carbonyl (C=O) groups excluding carboxylic acids is 1. The molecule has 0 aromatic heterocycles. The number of rotatable bonds is 1. The van der Waals surface area contributed by atoms with Gasteiger partial charge in [-0.1, -0.05) is 35.9 Å². The molecule has 2 aromatic carbocycles. The Hall–Kier alpha value is -2.06. The molecule has 2 nitrogen and oxygen atoms in total. The lowest BCUT2D eigenvalue weighted by Crippen LogP contribution is -2.18. The van der Waals surface area contributed by atoms with E-state index in [4.69, 9.17) is 16.3 Å². The van der Waals surface area contributed by atoms with E-state index in [0.717, 1.165) is 5.56 Å². The molecule has 1 heterocycles. The first kappa shape index (κ1) is 12.0. The van der Waals surface area contributed by atoms with E-state index in [0.29, 0.717) is 28.5 Å². The standard InChI is InChI=1S/C16H11ClO2/c17-13-7-5-11(6-8-13)9-12-10-19-15-4-2-1-3-14(15)16(12)18/h1-9H,10H2/b12-9-. The van der Waals surface area contributed by atoms with Crippen LogP contribution in [0.5, 0.6) is 5.75 Å². The van der Waals surface area contributed by atoms with Gasteiger partial charge < -0.3 is 4.74 Å². The van der Waals surface area contributed by atoms with Crippen LogP contribution >= 0.6 is 11.6 Å². The van der Waals surface area contributed by atoms with E-state index in [1.165, 1.54) is 0 Å². The van der Waals surface area contributed by atoms with Gasteiger partial charge in [0.15, 0.2) is 5.78 Å². The second kappa shape index (κ2) is 4.90. The smallest absolute Gasteiger partial charge is 0.196 e. The minimum atomic E-state index is 0.0248. The van der Waals surface area contributed by atoms with Crippen molar-refractivity contribution in [2.75, 3.05) is 6.61 Å². The summed E-state index contributed by atoms with van der Waals surface area (Å²) < 4.78 is 5.59. The third-order valence-electron chi connectivity index (χ3n) is 3.02. The van der Waals surface area contributed by atoms with Crippen LogP contribution in [0.2, 0.25) is 5.02 Å². The molecule has 0 bridgehead atoms. The molecule has 3 rings (SSSR count). The van der Waals surface area contributed by atoms with Crippen LogP contribution in [0.4, 0.5) is 0 Å². The molecule has 0 unspecified atom stereocenters. The van der Waals surface area contributed by atoms with E-state index in [1.807, 2.05) is 36.4 Å². The van der Waals surface area contributed by atoms with Crippen LogP contribution in [0.1, 0.15) is 15.9 Å². The van der Waals surface area contributed by atoms with Gasteiger partial charge in [-0.2, -0.15) is 0 Å². The highest BCUT2D eigenvalue weighted by Crippen LogP contribution is 2.27. The first-order valence-corrected chi connectivity index (χ1v) is 6.34. The fourth-order valence-corrected chi connectivity index (χ4v) is 2.17. The predicted octanol–water partition coefficient (Wildman–Crippen LogP) is 4.00. The molecule has 0 saturated carbocycles. The normalized spacial score (nSPS) is 16.1. The van der Waals surface area contributed by atoms with E-state index in [9.17, 15) is 4.79 Å². The van der Waals surface area contributed by atoms with Crippen molar-refractivity contribution in [3.05, 3.63) is 70.3 Å². The Kier molecular flexibility index (Phi) is 3.10. The Bertz CT molecular complexity index is 657. The van der Waals surface area contributed by atoms with Gasteiger partial charge in [0.25, 0.3) is 0 Å². The average Bonchev–Trinajstić information content (AvgIpc) is 2.45. The van der Waals surface area contributed by atoms with Gasteiger partial charge in [-0.05, 0) is 35.9 Å². The Morgan fingerprint density at radius 2 is 1.79 bits per heavy atom.